The first-order chi connectivity index (χ1) is 3.80. The van der Waals surface area contributed by atoms with Crippen LogP contribution >= 0.6 is 15.9 Å². The van der Waals surface area contributed by atoms with Crippen molar-refractivity contribution in [2.75, 3.05) is 0 Å². The van der Waals surface area contributed by atoms with Crippen molar-refractivity contribution < 1.29 is 4.39 Å². The van der Waals surface area contributed by atoms with Crippen LogP contribution in [0.2, 0.25) is 0 Å². The van der Waals surface area contributed by atoms with Gasteiger partial charge in [0.25, 0.3) is 0 Å². The molecule has 0 aromatic carbocycles. The Morgan fingerprint density at radius 3 is 2.75 bits per heavy atom. The Hall–Kier alpha value is -0.110. The molecule has 0 fully saturated rings. The molecule has 0 unspecified atom stereocenters. The molecule has 0 amide bonds. The monoisotopic (exact) mass is 176 g/mol. The van der Waals surface area contributed by atoms with Gasteiger partial charge < -0.3 is 0 Å². The maximum Gasteiger partial charge on any atom is 0.132 e. The predicted octanol–water partition coefficient (Wildman–Crippen LogP) is 2.91. The average Bonchev–Trinajstić information content (AvgIpc) is 1.77. The molecular weight excluding hydrogens is 171 g/mol. The molecule has 0 N–H and O–H groups in total. The minimum absolute atomic E-state index is 0.128. The van der Waals surface area contributed by atoms with Crippen molar-refractivity contribution in [2.45, 2.75) is 12.8 Å². The number of allylic oxidation sites excluding steroid dienone is 4. The van der Waals surface area contributed by atoms with E-state index in [1.54, 1.807) is 0 Å². The highest BCUT2D eigenvalue weighted by Crippen LogP contribution is 2.24. The van der Waals surface area contributed by atoms with Crippen molar-refractivity contribution >= 4 is 15.9 Å². The fourth-order valence-corrected chi connectivity index (χ4v) is 0.968. The lowest BCUT2D eigenvalue weighted by atomic mass is 10.2. The van der Waals surface area contributed by atoms with Crippen LogP contribution in [0.4, 0.5) is 4.39 Å². The van der Waals surface area contributed by atoms with E-state index in [-0.39, 0.29) is 5.83 Å². The van der Waals surface area contributed by atoms with Crippen LogP contribution in [-0.2, 0) is 0 Å². The number of hydrogen-bond acceptors (Lipinski definition) is 0. The molecule has 1 rings (SSSR count). The maximum absolute atomic E-state index is 12.3. The van der Waals surface area contributed by atoms with Gasteiger partial charge in [-0.3, -0.25) is 0 Å². The first kappa shape index (κ1) is 6.02. The zero-order valence-corrected chi connectivity index (χ0v) is 5.91. The Morgan fingerprint density at radius 2 is 2.38 bits per heavy atom. The van der Waals surface area contributed by atoms with Gasteiger partial charge in [0, 0.05) is 4.48 Å². The predicted molar refractivity (Wildman–Crippen MR) is 35.4 cm³/mol. The van der Waals surface area contributed by atoms with Gasteiger partial charge in [0.15, 0.2) is 0 Å². The van der Waals surface area contributed by atoms with Gasteiger partial charge in [0.2, 0.25) is 0 Å². The van der Waals surface area contributed by atoms with Gasteiger partial charge in [-0.05, 0) is 18.9 Å². The van der Waals surface area contributed by atoms with Gasteiger partial charge in [-0.15, -0.1) is 0 Å². The summed E-state index contributed by atoms with van der Waals surface area (Å²) in [6.45, 7) is 0. The lowest BCUT2D eigenvalue weighted by molar-refractivity contribution is 0.650. The van der Waals surface area contributed by atoms with E-state index in [9.17, 15) is 4.39 Å². The first-order valence-electron chi connectivity index (χ1n) is 2.51. The van der Waals surface area contributed by atoms with Crippen LogP contribution in [0.3, 0.4) is 0 Å². The molecule has 0 heterocycles. The topological polar surface area (TPSA) is 0 Å². The number of rotatable bonds is 0. The van der Waals surface area contributed by atoms with E-state index in [0.29, 0.717) is 4.48 Å². The zero-order valence-electron chi connectivity index (χ0n) is 4.32. The van der Waals surface area contributed by atoms with E-state index in [1.807, 2.05) is 6.08 Å². The number of halogens is 2. The summed E-state index contributed by atoms with van der Waals surface area (Å²) in [5.41, 5.74) is 0. The quantitative estimate of drug-likeness (QED) is 0.533. The molecule has 0 saturated heterocycles. The molecule has 8 heavy (non-hydrogen) atoms. The summed E-state index contributed by atoms with van der Waals surface area (Å²) in [7, 11) is 0. The van der Waals surface area contributed by atoms with Crippen LogP contribution in [0.5, 0.6) is 0 Å². The zero-order chi connectivity index (χ0) is 5.98. The van der Waals surface area contributed by atoms with Crippen LogP contribution in [0.25, 0.3) is 0 Å². The molecule has 0 atom stereocenters. The molecule has 0 saturated carbocycles. The van der Waals surface area contributed by atoms with Crippen LogP contribution in [0, 0.1) is 0 Å². The first-order valence-corrected chi connectivity index (χ1v) is 3.30. The van der Waals surface area contributed by atoms with Gasteiger partial charge in [-0.2, -0.15) is 0 Å². The summed E-state index contributed by atoms with van der Waals surface area (Å²) in [6, 6.07) is 0. The SMILES string of the molecule is FC1=C(Br)CCC=C1. The summed E-state index contributed by atoms with van der Waals surface area (Å²) < 4.78 is 13.0. The molecule has 44 valence electrons. The van der Waals surface area contributed by atoms with Crippen LogP contribution in [-0.4, -0.2) is 0 Å². The smallest absolute Gasteiger partial charge is 0.132 e. The normalized spacial score (nSPS) is 19.8. The molecule has 0 nitrogen and oxygen atoms in total. The minimum atomic E-state index is -0.128. The van der Waals surface area contributed by atoms with Gasteiger partial charge in [-0.1, -0.05) is 22.0 Å². The Kier molecular flexibility index (Phi) is 1.84. The number of hydrogen-bond donors (Lipinski definition) is 0. The highest BCUT2D eigenvalue weighted by molar-refractivity contribution is 9.11. The summed E-state index contributed by atoms with van der Waals surface area (Å²) in [5.74, 6) is -0.128. The average molecular weight is 177 g/mol. The fourth-order valence-electron chi connectivity index (χ4n) is 0.607. The largest absolute Gasteiger partial charge is 0.206 e. The summed E-state index contributed by atoms with van der Waals surface area (Å²) in [5, 5.41) is 0. The van der Waals surface area contributed by atoms with Crippen molar-refractivity contribution in [1.82, 2.24) is 0 Å². The molecule has 0 aromatic rings. The van der Waals surface area contributed by atoms with E-state index in [0.717, 1.165) is 12.8 Å². The Balaban J connectivity index is 2.76. The summed E-state index contributed by atoms with van der Waals surface area (Å²) in [4.78, 5) is 0. The molecule has 1 aliphatic carbocycles. The Morgan fingerprint density at radius 1 is 1.62 bits per heavy atom. The Labute approximate surface area is 56.2 Å². The second kappa shape index (κ2) is 2.44. The van der Waals surface area contributed by atoms with E-state index in [4.69, 9.17) is 0 Å². The van der Waals surface area contributed by atoms with E-state index in [1.165, 1.54) is 6.08 Å². The van der Waals surface area contributed by atoms with E-state index < -0.39 is 0 Å². The van der Waals surface area contributed by atoms with Crippen molar-refractivity contribution in [3.8, 4) is 0 Å². The molecule has 0 spiro atoms. The van der Waals surface area contributed by atoms with Gasteiger partial charge in [0.05, 0.1) is 0 Å². The third-order valence-corrected chi connectivity index (χ3v) is 1.83. The van der Waals surface area contributed by atoms with Crippen molar-refractivity contribution in [1.29, 1.82) is 0 Å². The van der Waals surface area contributed by atoms with Gasteiger partial charge >= 0.3 is 0 Å². The molecule has 0 bridgehead atoms. The minimum Gasteiger partial charge on any atom is -0.206 e. The lowest BCUT2D eigenvalue weighted by Crippen LogP contribution is -1.81. The molecule has 2 heteroatoms. The van der Waals surface area contributed by atoms with E-state index in [2.05, 4.69) is 15.9 Å². The summed E-state index contributed by atoms with van der Waals surface area (Å²) >= 11 is 3.11. The molecule has 0 aliphatic heterocycles. The summed E-state index contributed by atoms with van der Waals surface area (Å²) in [6.07, 6.45) is 5.09. The molecule has 0 radical (unpaired) electrons. The van der Waals surface area contributed by atoms with E-state index >= 15 is 0 Å². The maximum atomic E-state index is 12.3. The van der Waals surface area contributed by atoms with Crippen LogP contribution in [0.15, 0.2) is 22.5 Å². The third-order valence-electron chi connectivity index (χ3n) is 1.05. The molecular formula is C6H6BrF. The molecule has 0 aromatic heterocycles. The van der Waals surface area contributed by atoms with Crippen LogP contribution in [0.1, 0.15) is 12.8 Å². The van der Waals surface area contributed by atoms with Gasteiger partial charge in [-0.25, -0.2) is 4.39 Å². The second-order valence-corrected chi connectivity index (χ2v) is 2.65. The van der Waals surface area contributed by atoms with Crippen molar-refractivity contribution in [3.63, 3.8) is 0 Å². The lowest BCUT2D eigenvalue weighted by Gasteiger charge is -2.00. The van der Waals surface area contributed by atoms with Gasteiger partial charge in [0.1, 0.15) is 5.83 Å². The third kappa shape index (κ3) is 1.19. The van der Waals surface area contributed by atoms with Crippen molar-refractivity contribution in [2.24, 2.45) is 0 Å². The van der Waals surface area contributed by atoms with Crippen LogP contribution < -0.4 is 0 Å². The Bertz CT molecular complexity index is 147. The highest BCUT2D eigenvalue weighted by atomic mass is 79.9. The molecule has 1 aliphatic rings. The fraction of sp³-hybridized carbons (Fsp3) is 0.333. The second-order valence-electron chi connectivity index (χ2n) is 1.69. The standard InChI is InChI=1S/C6H6BrF/c7-5-3-1-2-4-6(5)8/h2,4H,1,3H2. The highest BCUT2D eigenvalue weighted by Gasteiger charge is 2.02. The van der Waals surface area contributed by atoms with Crippen molar-refractivity contribution in [3.05, 3.63) is 22.5 Å².